The highest BCUT2D eigenvalue weighted by molar-refractivity contribution is 7.98. The van der Waals surface area contributed by atoms with Crippen molar-refractivity contribution in [2.75, 3.05) is 18.6 Å². The number of carbonyl (C=O) groups is 1. The first kappa shape index (κ1) is 15.1. The number of benzene rings is 1. The van der Waals surface area contributed by atoms with Crippen LogP contribution < -0.4 is 10.6 Å². The molecule has 1 atom stereocenters. The number of thioether (sulfide) groups is 1. The zero-order valence-corrected chi connectivity index (χ0v) is 11.9. The Hall–Kier alpha value is -1.00. The summed E-state index contributed by atoms with van der Waals surface area (Å²) in [5.41, 5.74) is 1.13. The van der Waals surface area contributed by atoms with Crippen molar-refractivity contribution < 1.29 is 4.79 Å². The second kappa shape index (κ2) is 9.00. The summed E-state index contributed by atoms with van der Waals surface area (Å²) < 4.78 is 0. The molecule has 0 aliphatic carbocycles. The molecule has 0 fully saturated rings. The fourth-order valence-electron chi connectivity index (χ4n) is 1.52. The molecule has 100 valence electrons. The third kappa shape index (κ3) is 6.67. The Morgan fingerprint density at radius 3 is 2.72 bits per heavy atom. The fraction of sp³-hybridized carbons (Fsp3) is 0.500. The summed E-state index contributed by atoms with van der Waals surface area (Å²) in [5, 5.41) is 6.13. The van der Waals surface area contributed by atoms with Crippen LogP contribution >= 0.6 is 11.8 Å². The Bertz CT molecular complexity index is 343. The minimum atomic E-state index is 0.0508. The summed E-state index contributed by atoms with van der Waals surface area (Å²) in [5.74, 6) is 1.18. The number of hydrogen-bond acceptors (Lipinski definition) is 3. The van der Waals surface area contributed by atoms with Crippen LogP contribution in [0.3, 0.4) is 0 Å². The first-order valence-corrected chi connectivity index (χ1v) is 7.64. The molecule has 0 saturated heterocycles. The van der Waals surface area contributed by atoms with Gasteiger partial charge in [0, 0.05) is 12.6 Å². The molecule has 18 heavy (non-hydrogen) atoms. The van der Waals surface area contributed by atoms with Gasteiger partial charge in [0.05, 0.1) is 6.54 Å². The number of nitrogens with one attached hydrogen (secondary N) is 2. The molecule has 0 radical (unpaired) electrons. The molecule has 1 amide bonds. The molecule has 1 rings (SSSR count). The van der Waals surface area contributed by atoms with Gasteiger partial charge in [0.1, 0.15) is 0 Å². The lowest BCUT2D eigenvalue weighted by molar-refractivity contribution is -0.120. The minimum Gasteiger partial charge on any atom is -0.351 e. The standard InChI is InChI=1S/C14H22N2OS/c1-12(8-9-18-2)15-11-14(17)16-10-13-6-4-3-5-7-13/h3-7,12,15H,8-11H2,1-2H3,(H,16,17). The quantitative estimate of drug-likeness (QED) is 0.756. The summed E-state index contributed by atoms with van der Waals surface area (Å²) in [6.45, 7) is 3.10. The Labute approximate surface area is 114 Å². The smallest absolute Gasteiger partial charge is 0.234 e. The average Bonchev–Trinajstić information content (AvgIpc) is 2.41. The second-order valence-corrected chi connectivity index (χ2v) is 5.31. The first-order chi connectivity index (χ1) is 8.72. The van der Waals surface area contributed by atoms with Gasteiger partial charge < -0.3 is 10.6 Å². The van der Waals surface area contributed by atoms with E-state index in [0.29, 0.717) is 19.1 Å². The van der Waals surface area contributed by atoms with Crippen LogP contribution in [0.2, 0.25) is 0 Å². The molecule has 0 aromatic heterocycles. The second-order valence-electron chi connectivity index (χ2n) is 4.33. The maximum Gasteiger partial charge on any atom is 0.234 e. The van der Waals surface area contributed by atoms with Gasteiger partial charge in [-0.15, -0.1) is 0 Å². The highest BCUT2D eigenvalue weighted by Crippen LogP contribution is 1.99. The number of carbonyl (C=O) groups excluding carboxylic acids is 1. The molecule has 0 bridgehead atoms. The Morgan fingerprint density at radius 2 is 2.06 bits per heavy atom. The molecule has 0 aliphatic rings. The average molecular weight is 266 g/mol. The van der Waals surface area contributed by atoms with Gasteiger partial charge in [-0.25, -0.2) is 0 Å². The molecule has 0 heterocycles. The predicted octanol–water partition coefficient (Wildman–Crippen LogP) is 2.03. The van der Waals surface area contributed by atoms with Crippen molar-refractivity contribution in [2.24, 2.45) is 0 Å². The van der Waals surface area contributed by atoms with Crippen LogP contribution in [0.5, 0.6) is 0 Å². The van der Waals surface area contributed by atoms with Gasteiger partial charge in [0.15, 0.2) is 0 Å². The van der Waals surface area contributed by atoms with Crippen LogP contribution in [0.25, 0.3) is 0 Å². The lowest BCUT2D eigenvalue weighted by Crippen LogP contribution is -2.37. The third-order valence-electron chi connectivity index (χ3n) is 2.70. The van der Waals surface area contributed by atoms with Crippen LogP contribution in [-0.4, -0.2) is 30.5 Å². The van der Waals surface area contributed by atoms with Crippen molar-refractivity contribution in [3.05, 3.63) is 35.9 Å². The van der Waals surface area contributed by atoms with Crippen molar-refractivity contribution in [2.45, 2.75) is 25.9 Å². The summed E-state index contributed by atoms with van der Waals surface area (Å²) in [4.78, 5) is 11.6. The SMILES string of the molecule is CSCCC(C)NCC(=O)NCc1ccccc1. The molecule has 2 N–H and O–H groups in total. The molecule has 1 aromatic rings. The van der Waals surface area contributed by atoms with Gasteiger partial charge in [-0.1, -0.05) is 30.3 Å². The Morgan fingerprint density at radius 1 is 1.33 bits per heavy atom. The van der Waals surface area contributed by atoms with E-state index in [1.54, 1.807) is 0 Å². The fourth-order valence-corrected chi connectivity index (χ4v) is 2.11. The van der Waals surface area contributed by atoms with E-state index in [-0.39, 0.29) is 5.91 Å². The number of hydrogen-bond donors (Lipinski definition) is 2. The zero-order valence-electron chi connectivity index (χ0n) is 11.1. The van der Waals surface area contributed by atoms with Crippen molar-refractivity contribution in [1.29, 1.82) is 0 Å². The largest absolute Gasteiger partial charge is 0.351 e. The van der Waals surface area contributed by atoms with E-state index >= 15 is 0 Å². The van der Waals surface area contributed by atoms with Crippen LogP contribution in [0, 0.1) is 0 Å². The van der Waals surface area contributed by atoms with Gasteiger partial charge in [-0.2, -0.15) is 11.8 Å². The van der Waals surface area contributed by atoms with Crippen molar-refractivity contribution in [3.8, 4) is 0 Å². The van der Waals surface area contributed by atoms with Crippen molar-refractivity contribution >= 4 is 17.7 Å². The van der Waals surface area contributed by atoms with E-state index in [4.69, 9.17) is 0 Å². The lowest BCUT2D eigenvalue weighted by Gasteiger charge is -2.13. The van der Waals surface area contributed by atoms with Crippen LogP contribution in [0.4, 0.5) is 0 Å². The van der Waals surface area contributed by atoms with Crippen molar-refractivity contribution in [3.63, 3.8) is 0 Å². The molecular weight excluding hydrogens is 244 g/mol. The topological polar surface area (TPSA) is 41.1 Å². The van der Waals surface area contributed by atoms with Gasteiger partial charge in [-0.3, -0.25) is 4.79 Å². The summed E-state index contributed by atoms with van der Waals surface area (Å²) >= 11 is 1.83. The number of rotatable bonds is 8. The van der Waals surface area contributed by atoms with E-state index in [2.05, 4.69) is 23.8 Å². The maximum absolute atomic E-state index is 11.6. The summed E-state index contributed by atoms with van der Waals surface area (Å²) in [6, 6.07) is 10.3. The third-order valence-corrected chi connectivity index (χ3v) is 3.34. The molecule has 4 heteroatoms. The van der Waals surface area contributed by atoms with Crippen LogP contribution in [0.15, 0.2) is 30.3 Å². The Kier molecular flexibility index (Phi) is 7.53. The van der Waals surface area contributed by atoms with E-state index < -0.39 is 0 Å². The highest BCUT2D eigenvalue weighted by atomic mass is 32.2. The molecule has 3 nitrogen and oxygen atoms in total. The van der Waals surface area contributed by atoms with Crippen LogP contribution in [0.1, 0.15) is 18.9 Å². The van der Waals surface area contributed by atoms with Crippen LogP contribution in [-0.2, 0) is 11.3 Å². The predicted molar refractivity (Wildman–Crippen MR) is 78.8 cm³/mol. The van der Waals surface area contributed by atoms with Gasteiger partial charge in [0.2, 0.25) is 5.91 Å². The number of amides is 1. The van der Waals surface area contributed by atoms with E-state index in [1.165, 1.54) is 0 Å². The lowest BCUT2D eigenvalue weighted by atomic mass is 10.2. The van der Waals surface area contributed by atoms with Gasteiger partial charge in [0.25, 0.3) is 0 Å². The van der Waals surface area contributed by atoms with E-state index in [9.17, 15) is 4.79 Å². The molecule has 0 aliphatic heterocycles. The maximum atomic E-state index is 11.6. The van der Waals surface area contributed by atoms with E-state index in [0.717, 1.165) is 17.7 Å². The molecule has 1 aromatic carbocycles. The van der Waals surface area contributed by atoms with E-state index in [1.807, 2.05) is 42.1 Å². The highest BCUT2D eigenvalue weighted by Gasteiger charge is 2.04. The summed E-state index contributed by atoms with van der Waals surface area (Å²) in [7, 11) is 0. The minimum absolute atomic E-state index is 0.0508. The first-order valence-electron chi connectivity index (χ1n) is 6.25. The Balaban J connectivity index is 2.14. The van der Waals surface area contributed by atoms with Crippen molar-refractivity contribution in [1.82, 2.24) is 10.6 Å². The monoisotopic (exact) mass is 266 g/mol. The molecule has 0 spiro atoms. The normalized spacial score (nSPS) is 12.1. The van der Waals surface area contributed by atoms with Gasteiger partial charge >= 0.3 is 0 Å². The summed E-state index contributed by atoms with van der Waals surface area (Å²) in [6.07, 6.45) is 3.19. The molecular formula is C14H22N2OS. The van der Waals surface area contributed by atoms with Gasteiger partial charge in [-0.05, 0) is 30.9 Å². The zero-order chi connectivity index (χ0) is 13.2. The molecule has 0 saturated carbocycles. The molecule has 1 unspecified atom stereocenters.